The van der Waals surface area contributed by atoms with E-state index in [2.05, 4.69) is 5.32 Å². The van der Waals surface area contributed by atoms with Gasteiger partial charge in [-0.15, -0.1) is 0 Å². The molecule has 0 saturated heterocycles. The predicted octanol–water partition coefficient (Wildman–Crippen LogP) is 1.85. The van der Waals surface area contributed by atoms with Crippen molar-refractivity contribution in [2.75, 3.05) is 13.1 Å². The van der Waals surface area contributed by atoms with Crippen LogP contribution >= 0.6 is 0 Å². The zero-order valence-electron chi connectivity index (χ0n) is 10.3. The maximum Gasteiger partial charge on any atom is 0.251 e. The lowest BCUT2D eigenvalue weighted by Gasteiger charge is -2.11. The van der Waals surface area contributed by atoms with E-state index < -0.39 is 0 Å². The first-order valence-corrected chi connectivity index (χ1v) is 5.78. The highest BCUT2D eigenvalue weighted by molar-refractivity contribution is 5.94. The van der Waals surface area contributed by atoms with Crippen LogP contribution in [0.2, 0.25) is 0 Å². The summed E-state index contributed by atoms with van der Waals surface area (Å²) >= 11 is 0. The topological polar surface area (TPSA) is 55.1 Å². The number of nitrogens with one attached hydrogen (secondary N) is 1. The standard InChI is InChI=1S/C13H19FN2O/c1-9(3-4-15)8-16-13(17)11-5-10(2)6-12(14)7-11/h5-7,9H,3-4,8,15H2,1-2H3,(H,16,17). The molecule has 1 amide bonds. The Kier molecular flexibility index (Phi) is 5.10. The normalized spacial score (nSPS) is 12.2. The molecule has 1 rings (SSSR count). The van der Waals surface area contributed by atoms with Gasteiger partial charge in [0.15, 0.2) is 0 Å². The first-order valence-electron chi connectivity index (χ1n) is 5.78. The molecule has 0 saturated carbocycles. The minimum Gasteiger partial charge on any atom is -0.352 e. The van der Waals surface area contributed by atoms with E-state index in [-0.39, 0.29) is 11.7 Å². The van der Waals surface area contributed by atoms with Crippen molar-refractivity contribution in [3.05, 3.63) is 35.1 Å². The summed E-state index contributed by atoms with van der Waals surface area (Å²) in [5.41, 5.74) is 6.53. The molecule has 0 radical (unpaired) electrons. The SMILES string of the molecule is Cc1cc(F)cc(C(=O)NCC(C)CCN)c1. The molecule has 0 heterocycles. The fourth-order valence-electron chi connectivity index (χ4n) is 1.62. The summed E-state index contributed by atoms with van der Waals surface area (Å²) in [5, 5.41) is 2.78. The van der Waals surface area contributed by atoms with Gasteiger partial charge in [0.1, 0.15) is 5.82 Å². The van der Waals surface area contributed by atoms with Gasteiger partial charge in [-0.05, 0) is 49.6 Å². The fourth-order valence-corrected chi connectivity index (χ4v) is 1.62. The fraction of sp³-hybridized carbons (Fsp3) is 0.462. The van der Waals surface area contributed by atoms with Crippen molar-refractivity contribution in [1.29, 1.82) is 0 Å². The van der Waals surface area contributed by atoms with Crippen molar-refractivity contribution < 1.29 is 9.18 Å². The second kappa shape index (κ2) is 6.35. The van der Waals surface area contributed by atoms with Crippen LogP contribution in [0, 0.1) is 18.7 Å². The number of hydrogen-bond acceptors (Lipinski definition) is 2. The molecule has 0 aliphatic heterocycles. The number of nitrogens with two attached hydrogens (primary N) is 1. The molecule has 0 fully saturated rings. The number of hydrogen-bond donors (Lipinski definition) is 2. The van der Waals surface area contributed by atoms with Crippen LogP contribution in [0.15, 0.2) is 18.2 Å². The zero-order chi connectivity index (χ0) is 12.8. The molecule has 1 aromatic carbocycles. The molecular formula is C13H19FN2O. The van der Waals surface area contributed by atoms with Gasteiger partial charge in [0.25, 0.3) is 5.91 Å². The quantitative estimate of drug-likeness (QED) is 0.822. The number of rotatable bonds is 5. The summed E-state index contributed by atoms with van der Waals surface area (Å²) in [6, 6.07) is 4.32. The maximum atomic E-state index is 13.1. The third kappa shape index (κ3) is 4.53. The number of carbonyl (C=O) groups excluding carboxylic acids is 1. The summed E-state index contributed by atoms with van der Waals surface area (Å²) in [5.74, 6) is -0.291. The van der Waals surface area contributed by atoms with E-state index in [4.69, 9.17) is 5.73 Å². The van der Waals surface area contributed by atoms with E-state index >= 15 is 0 Å². The molecule has 1 aromatic rings. The summed E-state index contributed by atoms with van der Waals surface area (Å²) in [6.45, 7) is 4.95. The van der Waals surface area contributed by atoms with E-state index in [1.807, 2.05) is 6.92 Å². The lowest BCUT2D eigenvalue weighted by molar-refractivity contribution is 0.0947. The van der Waals surface area contributed by atoms with Gasteiger partial charge in [0, 0.05) is 12.1 Å². The zero-order valence-corrected chi connectivity index (χ0v) is 10.3. The average Bonchev–Trinajstić information content (AvgIpc) is 2.25. The number of amides is 1. The van der Waals surface area contributed by atoms with Crippen LogP contribution in [-0.4, -0.2) is 19.0 Å². The van der Waals surface area contributed by atoms with Crippen molar-refractivity contribution in [2.45, 2.75) is 20.3 Å². The smallest absolute Gasteiger partial charge is 0.251 e. The summed E-state index contributed by atoms with van der Waals surface area (Å²) in [6.07, 6.45) is 0.864. The lowest BCUT2D eigenvalue weighted by Crippen LogP contribution is -2.29. The highest BCUT2D eigenvalue weighted by Crippen LogP contribution is 2.08. The van der Waals surface area contributed by atoms with Gasteiger partial charge in [-0.3, -0.25) is 4.79 Å². The Morgan fingerprint density at radius 2 is 2.18 bits per heavy atom. The maximum absolute atomic E-state index is 13.1. The van der Waals surface area contributed by atoms with Gasteiger partial charge in [-0.1, -0.05) is 6.92 Å². The largest absolute Gasteiger partial charge is 0.352 e. The molecule has 94 valence electrons. The number of benzene rings is 1. The molecule has 1 atom stereocenters. The Hall–Kier alpha value is -1.42. The van der Waals surface area contributed by atoms with Gasteiger partial charge in [0.2, 0.25) is 0 Å². The Labute approximate surface area is 101 Å². The van der Waals surface area contributed by atoms with Gasteiger partial charge in [0.05, 0.1) is 0 Å². The van der Waals surface area contributed by atoms with Crippen LogP contribution in [-0.2, 0) is 0 Å². The van der Waals surface area contributed by atoms with Crippen molar-refractivity contribution >= 4 is 5.91 Å². The molecule has 0 bridgehead atoms. The minimum absolute atomic E-state index is 0.239. The van der Waals surface area contributed by atoms with E-state index in [1.54, 1.807) is 13.0 Å². The molecule has 0 spiro atoms. The highest BCUT2D eigenvalue weighted by Gasteiger charge is 2.09. The van der Waals surface area contributed by atoms with E-state index in [0.29, 0.717) is 24.6 Å². The van der Waals surface area contributed by atoms with Crippen molar-refractivity contribution in [2.24, 2.45) is 11.7 Å². The molecule has 0 aromatic heterocycles. The summed E-state index contributed by atoms with van der Waals surface area (Å²) in [7, 11) is 0. The van der Waals surface area contributed by atoms with Crippen molar-refractivity contribution in [3.8, 4) is 0 Å². The Morgan fingerprint density at radius 3 is 2.76 bits per heavy atom. The highest BCUT2D eigenvalue weighted by atomic mass is 19.1. The van der Waals surface area contributed by atoms with Gasteiger partial charge in [-0.2, -0.15) is 0 Å². The Balaban J connectivity index is 2.58. The third-order valence-corrected chi connectivity index (χ3v) is 2.57. The number of carbonyl (C=O) groups is 1. The van der Waals surface area contributed by atoms with Crippen LogP contribution in [0.1, 0.15) is 29.3 Å². The van der Waals surface area contributed by atoms with Crippen LogP contribution in [0.4, 0.5) is 4.39 Å². The van der Waals surface area contributed by atoms with E-state index in [9.17, 15) is 9.18 Å². The first-order chi connectivity index (χ1) is 8.02. The van der Waals surface area contributed by atoms with Crippen LogP contribution < -0.4 is 11.1 Å². The second-order valence-electron chi connectivity index (χ2n) is 4.41. The molecule has 17 heavy (non-hydrogen) atoms. The third-order valence-electron chi connectivity index (χ3n) is 2.57. The predicted molar refractivity (Wildman–Crippen MR) is 66.3 cm³/mol. The second-order valence-corrected chi connectivity index (χ2v) is 4.41. The number of aryl methyl sites for hydroxylation is 1. The molecule has 3 N–H and O–H groups in total. The van der Waals surface area contributed by atoms with Gasteiger partial charge >= 0.3 is 0 Å². The molecular weight excluding hydrogens is 219 g/mol. The molecule has 0 aliphatic carbocycles. The van der Waals surface area contributed by atoms with Crippen LogP contribution in [0.3, 0.4) is 0 Å². The van der Waals surface area contributed by atoms with Crippen molar-refractivity contribution in [3.63, 3.8) is 0 Å². The lowest BCUT2D eigenvalue weighted by atomic mass is 10.1. The molecule has 0 aliphatic rings. The van der Waals surface area contributed by atoms with Gasteiger partial charge < -0.3 is 11.1 Å². The molecule has 4 heteroatoms. The van der Waals surface area contributed by atoms with Crippen molar-refractivity contribution in [1.82, 2.24) is 5.32 Å². The van der Waals surface area contributed by atoms with Crippen LogP contribution in [0.5, 0.6) is 0 Å². The first kappa shape index (κ1) is 13.6. The molecule has 3 nitrogen and oxygen atoms in total. The van der Waals surface area contributed by atoms with Crippen LogP contribution in [0.25, 0.3) is 0 Å². The number of halogens is 1. The molecule has 1 unspecified atom stereocenters. The monoisotopic (exact) mass is 238 g/mol. The minimum atomic E-state index is -0.384. The Morgan fingerprint density at radius 1 is 1.47 bits per heavy atom. The van der Waals surface area contributed by atoms with Gasteiger partial charge in [-0.25, -0.2) is 4.39 Å². The Bertz CT molecular complexity index is 373. The summed E-state index contributed by atoms with van der Waals surface area (Å²) in [4.78, 5) is 11.7. The average molecular weight is 238 g/mol. The van der Waals surface area contributed by atoms with E-state index in [0.717, 1.165) is 12.0 Å². The summed E-state index contributed by atoms with van der Waals surface area (Å²) < 4.78 is 13.1. The van der Waals surface area contributed by atoms with E-state index in [1.165, 1.54) is 12.1 Å².